The lowest BCUT2D eigenvalue weighted by Gasteiger charge is -2.30. The summed E-state index contributed by atoms with van der Waals surface area (Å²) in [6, 6.07) is 7.70. The summed E-state index contributed by atoms with van der Waals surface area (Å²) >= 11 is 0. The lowest BCUT2D eigenvalue weighted by Crippen LogP contribution is -2.27. The standard InChI is InChI=1S/C16H16F3N3O2/c17-16(18,19)24-14-4-2-1-3-10(14)8-20-15-7-13(21-9-22-15)11-5-12(23)6-11/h1-4,7,9,11-12,23H,5-6,8H2,(H,20,21,22). The number of anilines is 1. The van der Waals surface area contributed by atoms with Crippen LogP contribution in [-0.2, 0) is 6.54 Å². The number of benzene rings is 1. The minimum Gasteiger partial charge on any atom is -0.405 e. The van der Waals surface area contributed by atoms with Gasteiger partial charge in [-0.05, 0) is 18.9 Å². The highest BCUT2D eigenvalue weighted by Gasteiger charge is 2.32. The molecule has 128 valence electrons. The molecule has 0 aliphatic heterocycles. The van der Waals surface area contributed by atoms with E-state index in [1.807, 2.05) is 0 Å². The number of nitrogens with one attached hydrogen (secondary N) is 1. The van der Waals surface area contributed by atoms with E-state index in [4.69, 9.17) is 0 Å². The molecule has 3 rings (SSSR count). The van der Waals surface area contributed by atoms with Gasteiger partial charge in [-0.25, -0.2) is 9.97 Å². The van der Waals surface area contributed by atoms with Gasteiger partial charge in [0.05, 0.1) is 6.10 Å². The Morgan fingerprint density at radius 2 is 1.96 bits per heavy atom. The number of alkyl halides is 3. The Morgan fingerprint density at radius 3 is 2.67 bits per heavy atom. The SMILES string of the molecule is OC1CC(c2cc(NCc3ccccc3OC(F)(F)F)ncn2)C1. The first-order chi connectivity index (χ1) is 11.4. The number of hydrogen-bond acceptors (Lipinski definition) is 5. The van der Waals surface area contributed by atoms with Crippen molar-refractivity contribution in [3.63, 3.8) is 0 Å². The van der Waals surface area contributed by atoms with Crippen LogP contribution in [0.3, 0.4) is 0 Å². The van der Waals surface area contributed by atoms with Gasteiger partial charge in [0.25, 0.3) is 0 Å². The fraction of sp³-hybridized carbons (Fsp3) is 0.375. The normalized spacial score (nSPS) is 20.3. The van der Waals surface area contributed by atoms with Crippen molar-refractivity contribution >= 4 is 5.82 Å². The van der Waals surface area contributed by atoms with Gasteiger partial charge in [0.1, 0.15) is 17.9 Å². The first-order valence-electron chi connectivity index (χ1n) is 7.48. The number of aliphatic hydroxyl groups is 1. The van der Waals surface area contributed by atoms with Crippen molar-refractivity contribution in [3.05, 3.63) is 47.9 Å². The third-order valence-electron chi connectivity index (χ3n) is 3.88. The summed E-state index contributed by atoms with van der Waals surface area (Å²) in [7, 11) is 0. The average Bonchev–Trinajstić information content (AvgIpc) is 2.50. The van der Waals surface area contributed by atoms with Crippen molar-refractivity contribution in [2.24, 2.45) is 0 Å². The number of aliphatic hydroxyl groups excluding tert-OH is 1. The number of halogens is 3. The monoisotopic (exact) mass is 339 g/mol. The Kier molecular flexibility index (Phi) is 4.57. The van der Waals surface area contributed by atoms with Crippen LogP contribution >= 0.6 is 0 Å². The van der Waals surface area contributed by atoms with Crippen LogP contribution in [0.15, 0.2) is 36.7 Å². The van der Waals surface area contributed by atoms with Crippen LogP contribution in [-0.4, -0.2) is 27.5 Å². The van der Waals surface area contributed by atoms with Crippen molar-refractivity contribution in [2.45, 2.75) is 37.8 Å². The summed E-state index contributed by atoms with van der Waals surface area (Å²) in [6.07, 6.45) is -2.28. The van der Waals surface area contributed by atoms with Gasteiger partial charge < -0.3 is 15.2 Å². The predicted octanol–water partition coefficient (Wildman–Crippen LogP) is 3.23. The number of para-hydroxylation sites is 1. The average molecular weight is 339 g/mol. The second-order valence-corrected chi connectivity index (χ2v) is 5.66. The third kappa shape index (κ3) is 4.14. The molecule has 2 aromatic rings. The number of hydrogen-bond donors (Lipinski definition) is 2. The summed E-state index contributed by atoms with van der Waals surface area (Å²) < 4.78 is 41.3. The van der Waals surface area contributed by atoms with Gasteiger partial charge >= 0.3 is 6.36 Å². The maximum atomic E-state index is 12.4. The quantitative estimate of drug-likeness (QED) is 0.875. The molecule has 24 heavy (non-hydrogen) atoms. The molecule has 1 aromatic carbocycles. The van der Waals surface area contributed by atoms with Crippen LogP contribution in [0.2, 0.25) is 0 Å². The van der Waals surface area contributed by atoms with E-state index in [9.17, 15) is 18.3 Å². The number of ether oxygens (including phenoxy) is 1. The van der Waals surface area contributed by atoms with E-state index in [2.05, 4.69) is 20.0 Å². The molecule has 0 spiro atoms. The first kappa shape index (κ1) is 16.5. The lowest BCUT2D eigenvalue weighted by molar-refractivity contribution is -0.274. The van der Waals surface area contributed by atoms with E-state index in [1.165, 1.54) is 18.5 Å². The molecule has 0 bridgehead atoms. The summed E-state index contributed by atoms with van der Waals surface area (Å²) in [6.45, 7) is 0.135. The molecule has 1 aliphatic carbocycles. The molecule has 0 amide bonds. The molecule has 2 N–H and O–H groups in total. The highest BCUT2D eigenvalue weighted by Crippen LogP contribution is 2.36. The molecule has 0 radical (unpaired) electrons. The minimum atomic E-state index is -4.73. The molecule has 0 atom stereocenters. The molecule has 8 heteroatoms. The van der Waals surface area contributed by atoms with Gasteiger partial charge in [0, 0.05) is 29.8 Å². The minimum absolute atomic E-state index is 0.135. The van der Waals surface area contributed by atoms with Crippen LogP contribution in [0.25, 0.3) is 0 Å². The summed E-state index contributed by atoms with van der Waals surface area (Å²) in [5.41, 5.74) is 1.19. The summed E-state index contributed by atoms with van der Waals surface area (Å²) in [5.74, 6) is 0.474. The second kappa shape index (κ2) is 6.64. The molecule has 1 saturated carbocycles. The van der Waals surface area contributed by atoms with Gasteiger partial charge in [0.2, 0.25) is 0 Å². The molecular weight excluding hydrogens is 323 g/mol. The molecule has 1 fully saturated rings. The molecule has 0 unspecified atom stereocenters. The van der Waals surface area contributed by atoms with Gasteiger partial charge in [-0.15, -0.1) is 13.2 Å². The largest absolute Gasteiger partial charge is 0.573 e. The zero-order chi connectivity index (χ0) is 17.2. The van der Waals surface area contributed by atoms with E-state index in [-0.39, 0.29) is 24.3 Å². The fourth-order valence-corrected chi connectivity index (χ4v) is 2.58. The Bertz CT molecular complexity index is 703. The van der Waals surface area contributed by atoms with Crippen molar-refractivity contribution in [1.29, 1.82) is 0 Å². The molecule has 5 nitrogen and oxygen atoms in total. The molecule has 1 aromatic heterocycles. The van der Waals surface area contributed by atoms with Crippen molar-refractivity contribution in [1.82, 2.24) is 9.97 Å². The van der Waals surface area contributed by atoms with E-state index < -0.39 is 6.36 Å². The van der Waals surface area contributed by atoms with Crippen molar-refractivity contribution < 1.29 is 23.0 Å². The van der Waals surface area contributed by atoms with Gasteiger partial charge in [-0.2, -0.15) is 0 Å². The molecule has 0 saturated heterocycles. The van der Waals surface area contributed by atoms with Gasteiger partial charge in [0.15, 0.2) is 0 Å². The Labute approximate surface area is 136 Å². The summed E-state index contributed by atoms with van der Waals surface area (Å²) in [5, 5.41) is 12.3. The van der Waals surface area contributed by atoms with Crippen LogP contribution < -0.4 is 10.1 Å². The highest BCUT2D eigenvalue weighted by molar-refractivity contribution is 5.41. The zero-order valence-corrected chi connectivity index (χ0v) is 12.6. The van der Waals surface area contributed by atoms with Crippen LogP contribution in [0.1, 0.15) is 30.0 Å². The topological polar surface area (TPSA) is 67.3 Å². The number of nitrogens with zero attached hydrogens (tertiary/aromatic N) is 2. The maximum Gasteiger partial charge on any atom is 0.573 e. The first-order valence-corrected chi connectivity index (χ1v) is 7.48. The van der Waals surface area contributed by atoms with Gasteiger partial charge in [-0.3, -0.25) is 0 Å². The van der Waals surface area contributed by atoms with Gasteiger partial charge in [-0.1, -0.05) is 18.2 Å². The van der Waals surface area contributed by atoms with Crippen molar-refractivity contribution in [3.8, 4) is 5.75 Å². The van der Waals surface area contributed by atoms with Crippen LogP contribution in [0, 0.1) is 0 Å². The van der Waals surface area contributed by atoms with Crippen LogP contribution in [0.4, 0.5) is 19.0 Å². The second-order valence-electron chi connectivity index (χ2n) is 5.66. The van der Waals surface area contributed by atoms with Crippen molar-refractivity contribution in [2.75, 3.05) is 5.32 Å². The Balaban J connectivity index is 1.67. The van der Waals surface area contributed by atoms with E-state index >= 15 is 0 Å². The Hall–Kier alpha value is -2.35. The fourth-order valence-electron chi connectivity index (χ4n) is 2.58. The number of rotatable bonds is 5. The van der Waals surface area contributed by atoms with E-state index in [0.717, 1.165) is 5.69 Å². The van der Waals surface area contributed by atoms with E-state index in [1.54, 1.807) is 18.2 Å². The number of aromatic nitrogens is 2. The third-order valence-corrected chi connectivity index (χ3v) is 3.88. The molecular formula is C16H16F3N3O2. The Morgan fingerprint density at radius 1 is 1.21 bits per heavy atom. The molecule has 1 aliphatic rings. The summed E-state index contributed by atoms with van der Waals surface area (Å²) in [4.78, 5) is 8.25. The smallest absolute Gasteiger partial charge is 0.405 e. The predicted molar refractivity (Wildman–Crippen MR) is 80.5 cm³/mol. The lowest BCUT2D eigenvalue weighted by atomic mass is 9.80. The maximum absolute atomic E-state index is 12.4. The zero-order valence-electron chi connectivity index (χ0n) is 12.6. The van der Waals surface area contributed by atoms with Crippen LogP contribution in [0.5, 0.6) is 5.75 Å². The van der Waals surface area contributed by atoms with E-state index in [0.29, 0.717) is 24.2 Å². The molecule has 1 heterocycles. The highest BCUT2D eigenvalue weighted by atomic mass is 19.4.